The van der Waals surface area contributed by atoms with Crippen LogP contribution in [0.15, 0.2) is 56.7 Å². The maximum atomic E-state index is 5.95. The Morgan fingerprint density at radius 2 is 1.83 bits per heavy atom. The third kappa shape index (κ3) is 3.70. The maximum Gasteiger partial charge on any atom is 0.0453 e. The number of rotatable bonds is 4. The summed E-state index contributed by atoms with van der Waals surface area (Å²) in [6.45, 7) is 0. The van der Waals surface area contributed by atoms with E-state index in [1.165, 1.54) is 10.5 Å². The number of benzene rings is 2. The van der Waals surface area contributed by atoms with Crippen LogP contribution in [0.1, 0.15) is 5.56 Å². The van der Waals surface area contributed by atoms with E-state index in [4.69, 9.17) is 5.73 Å². The monoisotopic (exact) mass is 339 g/mol. The summed E-state index contributed by atoms with van der Waals surface area (Å²) in [7, 11) is 0. The van der Waals surface area contributed by atoms with Crippen LogP contribution in [0, 0.1) is 0 Å². The van der Waals surface area contributed by atoms with Crippen molar-refractivity contribution in [1.29, 1.82) is 0 Å². The first-order valence-electron chi connectivity index (χ1n) is 5.50. The zero-order valence-electron chi connectivity index (χ0n) is 10.0. The van der Waals surface area contributed by atoms with Crippen LogP contribution >= 0.6 is 39.5 Å². The van der Waals surface area contributed by atoms with E-state index in [0.717, 1.165) is 20.8 Å². The van der Waals surface area contributed by atoms with E-state index in [-0.39, 0.29) is 0 Å². The smallest absolute Gasteiger partial charge is 0.0453 e. The average Bonchev–Trinajstić information content (AvgIpc) is 2.40. The van der Waals surface area contributed by atoms with Crippen molar-refractivity contribution < 1.29 is 0 Å². The van der Waals surface area contributed by atoms with Gasteiger partial charge in [-0.2, -0.15) is 0 Å². The van der Waals surface area contributed by atoms with E-state index in [9.17, 15) is 0 Å². The molecule has 0 aliphatic rings. The van der Waals surface area contributed by atoms with Crippen LogP contribution in [-0.2, 0) is 5.75 Å². The summed E-state index contributed by atoms with van der Waals surface area (Å²) in [6, 6.07) is 14.6. The van der Waals surface area contributed by atoms with Crippen molar-refractivity contribution in [2.75, 3.05) is 12.0 Å². The molecule has 0 bridgehead atoms. The minimum absolute atomic E-state index is 0.837. The second-order valence-corrected chi connectivity index (χ2v) is 6.63. The third-order valence-electron chi connectivity index (χ3n) is 2.53. The minimum atomic E-state index is 0.837. The van der Waals surface area contributed by atoms with Crippen LogP contribution in [0.5, 0.6) is 0 Å². The van der Waals surface area contributed by atoms with Crippen LogP contribution in [0.25, 0.3) is 0 Å². The van der Waals surface area contributed by atoms with E-state index in [0.29, 0.717) is 0 Å². The van der Waals surface area contributed by atoms with Crippen molar-refractivity contribution in [3.8, 4) is 0 Å². The quantitative estimate of drug-likeness (QED) is 0.623. The van der Waals surface area contributed by atoms with Crippen molar-refractivity contribution in [2.24, 2.45) is 0 Å². The molecule has 0 heterocycles. The fourth-order valence-electron chi connectivity index (χ4n) is 1.52. The summed E-state index contributed by atoms with van der Waals surface area (Å²) in [4.78, 5) is 2.42. The zero-order chi connectivity index (χ0) is 13.0. The highest BCUT2D eigenvalue weighted by Gasteiger charge is 2.02. The molecule has 0 atom stereocenters. The van der Waals surface area contributed by atoms with Gasteiger partial charge in [0.25, 0.3) is 0 Å². The molecule has 2 rings (SSSR count). The van der Waals surface area contributed by atoms with Gasteiger partial charge in [0.2, 0.25) is 0 Å². The van der Waals surface area contributed by atoms with Gasteiger partial charge in [-0.05, 0) is 42.2 Å². The van der Waals surface area contributed by atoms with Crippen molar-refractivity contribution in [3.63, 3.8) is 0 Å². The highest BCUT2D eigenvalue weighted by molar-refractivity contribution is 9.10. The minimum Gasteiger partial charge on any atom is -0.398 e. The molecule has 1 nitrogen and oxygen atoms in total. The Hall–Kier alpha value is -0.580. The molecular formula is C14H14BrNS2. The maximum absolute atomic E-state index is 5.95. The van der Waals surface area contributed by atoms with Crippen LogP contribution in [0.4, 0.5) is 5.69 Å². The van der Waals surface area contributed by atoms with Gasteiger partial charge in [0.15, 0.2) is 0 Å². The van der Waals surface area contributed by atoms with Crippen LogP contribution in [0.3, 0.4) is 0 Å². The van der Waals surface area contributed by atoms with Gasteiger partial charge in [-0.3, -0.25) is 0 Å². The van der Waals surface area contributed by atoms with Crippen molar-refractivity contribution >= 4 is 45.1 Å². The first-order chi connectivity index (χ1) is 8.69. The predicted molar refractivity (Wildman–Crippen MR) is 86.3 cm³/mol. The summed E-state index contributed by atoms with van der Waals surface area (Å²) in [6.07, 6.45) is 2.09. The molecule has 0 spiro atoms. The number of halogens is 1. The number of hydrogen-bond donors (Lipinski definition) is 1. The Morgan fingerprint density at radius 1 is 1.11 bits per heavy atom. The molecule has 18 heavy (non-hydrogen) atoms. The summed E-state index contributed by atoms with van der Waals surface area (Å²) >= 11 is 7.00. The van der Waals surface area contributed by atoms with Gasteiger partial charge in [-0.25, -0.2) is 0 Å². The van der Waals surface area contributed by atoms with Gasteiger partial charge < -0.3 is 5.73 Å². The lowest BCUT2D eigenvalue weighted by Crippen LogP contribution is -1.89. The summed E-state index contributed by atoms with van der Waals surface area (Å²) in [5.41, 5.74) is 8.11. The Kier molecular flexibility index (Phi) is 5.03. The third-order valence-corrected chi connectivity index (χ3v) is 4.91. The predicted octanol–water partition coefficient (Wildman–Crippen LogP) is 5.05. The molecule has 94 valence electrons. The van der Waals surface area contributed by atoms with Crippen LogP contribution in [0.2, 0.25) is 0 Å². The van der Waals surface area contributed by atoms with Gasteiger partial charge >= 0.3 is 0 Å². The largest absolute Gasteiger partial charge is 0.398 e. The molecule has 2 aromatic carbocycles. The molecule has 0 fully saturated rings. The Bertz CT molecular complexity index is 526. The second-order valence-electron chi connectivity index (χ2n) is 3.82. The molecule has 0 aliphatic carbocycles. The average molecular weight is 340 g/mol. The summed E-state index contributed by atoms with van der Waals surface area (Å²) < 4.78 is 1.07. The Balaban J connectivity index is 2.04. The van der Waals surface area contributed by atoms with Crippen molar-refractivity contribution in [3.05, 3.63) is 52.5 Å². The van der Waals surface area contributed by atoms with E-state index < -0.39 is 0 Å². The molecule has 2 aromatic rings. The van der Waals surface area contributed by atoms with E-state index >= 15 is 0 Å². The lowest BCUT2D eigenvalue weighted by Gasteiger charge is -2.06. The van der Waals surface area contributed by atoms with Crippen LogP contribution in [-0.4, -0.2) is 6.26 Å². The number of hydrogen-bond acceptors (Lipinski definition) is 3. The number of thioether (sulfide) groups is 2. The lowest BCUT2D eigenvalue weighted by atomic mass is 10.2. The van der Waals surface area contributed by atoms with Crippen molar-refractivity contribution in [2.45, 2.75) is 15.5 Å². The standard InChI is InChI=1S/C14H14BrNS2/c1-17-12-5-2-10(3-6-12)9-18-14-8-11(15)4-7-13(14)16/h2-8H,9,16H2,1H3. The molecule has 0 saturated heterocycles. The van der Waals surface area contributed by atoms with Crippen LogP contribution < -0.4 is 5.73 Å². The van der Waals surface area contributed by atoms with E-state index in [2.05, 4.69) is 52.5 Å². The van der Waals surface area contributed by atoms with Gasteiger partial charge in [-0.15, -0.1) is 23.5 Å². The van der Waals surface area contributed by atoms with E-state index in [1.54, 1.807) is 23.5 Å². The normalized spacial score (nSPS) is 10.6. The SMILES string of the molecule is CSc1ccc(CSc2cc(Br)ccc2N)cc1. The highest BCUT2D eigenvalue weighted by atomic mass is 79.9. The van der Waals surface area contributed by atoms with Crippen molar-refractivity contribution in [1.82, 2.24) is 0 Å². The molecule has 0 saturated carbocycles. The van der Waals surface area contributed by atoms with Gasteiger partial charge in [0, 0.05) is 25.7 Å². The summed E-state index contributed by atoms with van der Waals surface area (Å²) in [5, 5.41) is 0. The molecular weight excluding hydrogens is 326 g/mol. The first-order valence-corrected chi connectivity index (χ1v) is 8.50. The number of nitrogens with two attached hydrogens (primary N) is 1. The second kappa shape index (κ2) is 6.55. The Labute approximate surface area is 125 Å². The molecule has 4 heteroatoms. The molecule has 2 N–H and O–H groups in total. The zero-order valence-corrected chi connectivity index (χ0v) is 13.2. The first kappa shape index (κ1) is 13.8. The number of nitrogen functional groups attached to an aromatic ring is 1. The molecule has 0 amide bonds. The van der Waals surface area contributed by atoms with Gasteiger partial charge in [0.1, 0.15) is 0 Å². The highest BCUT2D eigenvalue weighted by Crippen LogP contribution is 2.31. The fraction of sp³-hybridized carbons (Fsp3) is 0.143. The van der Waals surface area contributed by atoms with Gasteiger partial charge in [-0.1, -0.05) is 28.1 Å². The lowest BCUT2D eigenvalue weighted by molar-refractivity contribution is 1.33. The molecule has 0 radical (unpaired) electrons. The van der Waals surface area contributed by atoms with Gasteiger partial charge in [0.05, 0.1) is 0 Å². The topological polar surface area (TPSA) is 26.0 Å². The fourth-order valence-corrected chi connectivity index (χ4v) is 3.40. The number of anilines is 1. The summed E-state index contributed by atoms with van der Waals surface area (Å²) in [5.74, 6) is 0.940. The van der Waals surface area contributed by atoms with E-state index in [1.807, 2.05) is 12.1 Å². The molecule has 0 aromatic heterocycles. The molecule has 0 aliphatic heterocycles. The molecule has 0 unspecified atom stereocenters. The Morgan fingerprint density at radius 3 is 2.50 bits per heavy atom.